The molecule has 1 aliphatic heterocycles. The standard InChI is InChI=1S/C13H16F3N/c1-8-5-10-3-4-17-7-9(2)11(10)6-12(8)13(14,15)16/h5-6,9,17H,3-4,7H2,1-2H3. The summed E-state index contributed by atoms with van der Waals surface area (Å²) in [5.74, 6) is 0.134. The number of halogens is 3. The maximum absolute atomic E-state index is 12.8. The summed E-state index contributed by atoms with van der Waals surface area (Å²) in [4.78, 5) is 0. The van der Waals surface area contributed by atoms with Crippen LogP contribution in [-0.2, 0) is 12.6 Å². The van der Waals surface area contributed by atoms with Gasteiger partial charge < -0.3 is 5.32 Å². The molecule has 2 rings (SSSR count). The van der Waals surface area contributed by atoms with Gasteiger partial charge in [0.25, 0.3) is 0 Å². The number of fused-ring (bicyclic) bond motifs is 1. The molecule has 1 aromatic carbocycles. The summed E-state index contributed by atoms with van der Waals surface area (Å²) in [6, 6.07) is 3.03. The van der Waals surface area contributed by atoms with E-state index in [1.54, 1.807) is 6.07 Å². The van der Waals surface area contributed by atoms with Gasteiger partial charge in [-0.25, -0.2) is 0 Å². The van der Waals surface area contributed by atoms with E-state index in [0.29, 0.717) is 5.56 Å². The molecule has 1 atom stereocenters. The highest BCUT2D eigenvalue weighted by molar-refractivity contribution is 5.42. The number of aryl methyl sites for hydroxylation is 1. The first-order valence-electron chi connectivity index (χ1n) is 5.81. The van der Waals surface area contributed by atoms with Crippen molar-refractivity contribution < 1.29 is 13.2 Å². The van der Waals surface area contributed by atoms with Crippen molar-refractivity contribution in [2.24, 2.45) is 0 Å². The highest BCUT2D eigenvalue weighted by Crippen LogP contribution is 2.35. The van der Waals surface area contributed by atoms with Gasteiger partial charge in [0.05, 0.1) is 5.56 Å². The minimum atomic E-state index is -4.25. The second-order valence-electron chi connectivity index (χ2n) is 4.72. The Hall–Kier alpha value is -1.03. The van der Waals surface area contributed by atoms with Gasteiger partial charge in [-0.2, -0.15) is 13.2 Å². The van der Waals surface area contributed by atoms with Crippen LogP contribution in [0.5, 0.6) is 0 Å². The Kier molecular flexibility index (Phi) is 3.17. The Morgan fingerprint density at radius 1 is 1.29 bits per heavy atom. The molecule has 0 saturated heterocycles. The zero-order valence-corrected chi connectivity index (χ0v) is 9.99. The highest BCUT2D eigenvalue weighted by Gasteiger charge is 2.33. The molecule has 0 spiro atoms. The zero-order chi connectivity index (χ0) is 12.6. The van der Waals surface area contributed by atoms with E-state index in [4.69, 9.17) is 0 Å². The lowest BCUT2D eigenvalue weighted by atomic mass is 9.91. The molecule has 0 amide bonds. The second-order valence-corrected chi connectivity index (χ2v) is 4.72. The third-order valence-corrected chi connectivity index (χ3v) is 3.34. The molecule has 17 heavy (non-hydrogen) atoms. The van der Waals surface area contributed by atoms with Crippen LogP contribution >= 0.6 is 0 Å². The highest BCUT2D eigenvalue weighted by atomic mass is 19.4. The maximum atomic E-state index is 12.8. The van der Waals surface area contributed by atoms with Gasteiger partial charge in [0, 0.05) is 6.54 Å². The Labute approximate surface area is 99.0 Å². The van der Waals surface area contributed by atoms with E-state index in [9.17, 15) is 13.2 Å². The van der Waals surface area contributed by atoms with Crippen molar-refractivity contribution >= 4 is 0 Å². The Morgan fingerprint density at radius 3 is 2.65 bits per heavy atom. The van der Waals surface area contributed by atoms with E-state index in [0.717, 1.165) is 30.6 Å². The van der Waals surface area contributed by atoms with E-state index in [1.165, 1.54) is 13.0 Å². The summed E-state index contributed by atoms with van der Waals surface area (Å²) in [7, 11) is 0. The lowest BCUT2D eigenvalue weighted by Crippen LogP contribution is -2.18. The van der Waals surface area contributed by atoms with Gasteiger partial charge in [-0.1, -0.05) is 13.0 Å². The summed E-state index contributed by atoms with van der Waals surface area (Å²) in [6.07, 6.45) is -3.45. The van der Waals surface area contributed by atoms with Crippen LogP contribution in [0.4, 0.5) is 13.2 Å². The van der Waals surface area contributed by atoms with Crippen LogP contribution in [0.1, 0.15) is 35.1 Å². The van der Waals surface area contributed by atoms with Gasteiger partial charge in [0.2, 0.25) is 0 Å². The normalized spacial score (nSPS) is 20.9. The minimum absolute atomic E-state index is 0.134. The van der Waals surface area contributed by atoms with E-state index in [2.05, 4.69) is 5.32 Å². The molecule has 0 radical (unpaired) electrons. The van der Waals surface area contributed by atoms with Gasteiger partial charge in [-0.3, -0.25) is 0 Å². The number of rotatable bonds is 0. The van der Waals surface area contributed by atoms with Gasteiger partial charge in [-0.15, -0.1) is 0 Å². The van der Waals surface area contributed by atoms with Crippen molar-refractivity contribution in [3.63, 3.8) is 0 Å². The van der Waals surface area contributed by atoms with Crippen LogP contribution in [0.2, 0.25) is 0 Å². The molecule has 1 aromatic rings. The lowest BCUT2D eigenvalue weighted by Gasteiger charge is -2.17. The number of hydrogen-bond acceptors (Lipinski definition) is 1. The van der Waals surface area contributed by atoms with Crippen LogP contribution in [0, 0.1) is 6.92 Å². The van der Waals surface area contributed by atoms with Crippen molar-refractivity contribution in [3.8, 4) is 0 Å². The SMILES string of the molecule is Cc1cc2c(cc1C(F)(F)F)C(C)CNCC2. The van der Waals surface area contributed by atoms with E-state index in [-0.39, 0.29) is 5.92 Å². The van der Waals surface area contributed by atoms with Crippen molar-refractivity contribution in [2.75, 3.05) is 13.1 Å². The molecule has 1 unspecified atom stereocenters. The summed E-state index contributed by atoms with van der Waals surface area (Å²) >= 11 is 0. The predicted octanol–water partition coefficient (Wildman–Crippen LogP) is 3.26. The number of nitrogens with one attached hydrogen (secondary N) is 1. The fourth-order valence-electron chi connectivity index (χ4n) is 2.42. The third-order valence-electron chi connectivity index (χ3n) is 3.34. The first kappa shape index (κ1) is 12.4. The average molecular weight is 243 g/mol. The van der Waals surface area contributed by atoms with Crippen LogP contribution in [0.3, 0.4) is 0 Å². The Balaban J connectivity index is 2.53. The van der Waals surface area contributed by atoms with Gasteiger partial charge in [0.15, 0.2) is 0 Å². The van der Waals surface area contributed by atoms with Crippen LogP contribution in [0.15, 0.2) is 12.1 Å². The number of alkyl halides is 3. The van der Waals surface area contributed by atoms with Crippen molar-refractivity contribution in [1.29, 1.82) is 0 Å². The topological polar surface area (TPSA) is 12.0 Å². The average Bonchev–Trinajstić information content (AvgIpc) is 2.38. The third kappa shape index (κ3) is 2.46. The van der Waals surface area contributed by atoms with Crippen LogP contribution < -0.4 is 5.32 Å². The van der Waals surface area contributed by atoms with E-state index < -0.39 is 11.7 Å². The molecule has 1 aliphatic rings. The molecule has 0 aliphatic carbocycles. The molecular formula is C13H16F3N. The fraction of sp³-hybridized carbons (Fsp3) is 0.538. The van der Waals surface area contributed by atoms with E-state index >= 15 is 0 Å². The van der Waals surface area contributed by atoms with Crippen molar-refractivity contribution in [3.05, 3.63) is 34.4 Å². The van der Waals surface area contributed by atoms with E-state index in [1.807, 2.05) is 6.92 Å². The molecule has 0 fully saturated rings. The summed E-state index contributed by atoms with van der Waals surface area (Å²) in [5.41, 5.74) is 1.72. The van der Waals surface area contributed by atoms with Gasteiger partial charge in [0.1, 0.15) is 0 Å². The first-order valence-corrected chi connectivity index (χ1v) is 5.81. The predicted molar refractivity (Wildman–Crippen MR) is 61.2 cm³/mol. The van der Waals surface area contributed by atoms with Crippen LogP contribution in [0.25, 0.3) is 0 Å². The summed E-state index contributed by atoms with van der Waals surface area (Å²) in [6.45, 7) is 5.08. The first-order chi connectivity index (χ1) is 7.89. The summed E-state index contributed by atoms with van der Waals surface area (Å²) < 4.78 is 38.5. The number of benzene rings is 1. The monoisotopic (exact) mass is 243 g/mol. The van der Waals surface area contributed by atoms with Gasteiger partial charge in [-0.05, 0) is 48.6 Å². The lowest BCUT2D eigenvalue weighted by molar-refractivity contribution is -0.138. The van der Waals surface area contributed by atoms with Crippen molar-refractivity contribution in [1.82, 2.24) is 5.32 Å². The molecule has 1 heterocycles. The van der Waals surface area contributed by atoms with Crippen molar-refractivity contribution in [2.45, 2.75) is 32.4 Å². The molecule has 4 heteroatoms. The number of hydrogen-bond donors (Lipinski definition) is 1. The maximum Gasteiger partial charge on any atom is 0.416 e. The smallest absolute Gasteiger partial charge is 0.316 e. The Bertz CT molecular complexity index is 423. The molecular weight excluding hydrogens is 227 g/mol. The molecule has 94 valence electrons. The molecule has 0 saturated carbocycles. The quantitative estimate of drug-likeness (QED) is 0.737. The zero-order valence-electron chi connectivity index (χ0n) is 9.99. The molecule has 1 nitrogen and oxygen atoms in total. The molecule has 0 aromatic heterocycles. The summed E-state index contributed by atoms with van der Waals surface area (Å²) in [5, 5.41) is 3.24. The fourth-order valence-corrected chi connectivity index (χ4v) is 2.42. The largest absolute Gasteiger partial charge is 0.416 e. The minimum Gasteiger partial charge on any atom is -0.316 e. The molecule has 0 bridgehead atoms. The Morgan fingerprint density at radius 2 is 2.00 bits per heavy atom. The second kappa shape index (κ2) is 4.33. The molecule has 1 N–H and O–H groups in total. The van der Waals surface area contributed by atoms with Crippen LogP contribution in [-0.4, -0.2) is 13.1 Å². The van der Waals surface area contributed by atoms with Gasteiger partial charge >= 0.3 is 6.18 Å².